The maximum absolute atomic E-state index is 4.13. The Balaban J connectivity index is 0.930. The minimum absolute atomic E-state index is 0.0377. The van der Waals surface area contributed by atoms with Crippen LogP contribution in [0.2, 0.25) is 0 Å². The molecule has 11 aromatic rings. The molecule has 342 valence electrons. The van der Waals surface area contributed by atoms with Crippen LogP contribution in [0.5, 0.6) is 0 Å². The van der Waals surface area contributed by atoms with Crippen molar-refractivity contribution in [1.82, 2.24) is 16.0 Å². The first-order chi connectivity index (χ1) is 35.7. The fourth-order valence-electron chi connectivity index (χ4n) is 11.2. The lowest BCUT2D eigenvalue weighted by Crippen LogP contribution is -2.39. The Hall–Kier alpha value is -9.02. The van der Waals surface area contributed by atoms with Crippen LogP contribution < -0.4 is 16.0 Å². The van der Waals surface area contributed by atoms with E-state index in [0.717, 1.165) is 33.6 Å². The molecule has 0 bridgehead atoms. The van der Waals surface area contributed by atoms with Gasteiger partial charge in [0, 0.05) is 11.3 Å². The summed E-state index contributed by atoms with van der Waals surface area (Å²) >= 11 is 0. The van der Waals surface area contributed by atoms with E-state index in [1.54, 1.807) is 0 Å². The van der Waals surface area contributed by atoms with E-state index in [9.17, 15) is 0 Å². The second kappa shape index (κ2) is 18.7. The maximum atomic E-state index is 4.13. The number of hydrogen-bond donors (Lipinski definition) is 3. The topological polar surface area (TPSA) is 36.1 Å². The van der Waals surface area contributed by atoms with Crippen LogP contribution in [0.15, 0.2) is 273 Å². The Kier molecular flexibility index (Phi) is 11.2. The van der Waals surface area contributed by atoms with Gasteiger partial charge in [-0.3, -0.25) is 5.32 Å². The highest BCUT2D eigenvalue weighted by Gasteiger charge is 2.33. The molecule has 2 heterocycles. The summed E-state index contributed by atoms with van der Waals surface area (Å²) < 4.78 is 0. The predicted molar refractivity (Wildman–Crippen MR) is 302 cm³/mol. The van der Waals surface area contributed by atoms with Crippen LogP contribution in [0.4, 0.5) is 0 Å². The number of nitrogens with one attached hydrogen (secondary N) is 3. The van der Waals surface area contributed by atoms with E-state index in [0.29, 0.717) is 0 Å². The summed E-state index contributed by atoms with van der Waals surface area (Å²) in [5.41, 5.74) is 17.5. The number of benzene rings is 11. The van der Waals surface area contributed by atoms with Gasteiger partial charge >= 0.3 is 0 Å². The molecule has 0 saturated carbocycles. The van der Waals surface area contributed by atoms with Crippen LogP contribution in [0, 0.1) is 0 Å². The Morgan fingerprint density at radius 1 is 0.278 bits per heavy atom. The van der Waals surface area contributed by atoms with E-state index >= 15 is 0 Å². The van der Waals surface area contributed by atoms with Crippen molar-refractivity contribution in [2.24, 2.45) is 0 Å². The largest absolute Gasteiger partial charge is 0.373 e. The molecule has 2 aliphatic rings. The number of allylic oxidation sites excluding steroid dienone is 2. The molecule has 3 atom stereocenters. The molecule has 2 aliphatic heterocycles. The summed E-state index contributed by atoms with van der Waals surface area (Å²) in [6.07, 6.45) is 2.19. The summed E-state index contributed by atoms with van der Waals surface area (Å²) in [6.45, 7) is 0. The van der Waals surface area contributed by atoms with Crippen molar-refractivity contribution in [3.05, 3.63) is 318 Å². The van der Waals surface area contributed by atoms with E-state index < -0.39 is 0 Å². The molecule has 3 N–H and O–H groups in total. The molecule has 0 saturated heterocycles. The lowest BCUT2D eigenvalue weighted by atomic mass is 9.76. The molecule has 0 amide bonds. The summed E-state index contributed by atoms with van der Waals surface area (Å²) in [5.74, 6) is 0. The zero-order chi connectivity index (χ0) is 47.8. The second-order valence-electron chi connectivity index (χ2n) is 18.9. The molecule has 0 aliphatic carbocycles. The van der Waals surface area contributed by atoms with Gasteiger partial charge in [-0.25, -0.2) is 0 Å². The standard InChI is InChI=1S/C69H51N3/c1-6-21-47(22-7-1)62-45-63(71-69(70-62)52-39-37-46(38-40-52)53-41-42-60-58-35-17-16-33-56(58)57-34-18-19-36-59(57)61(60)44-53)54-31-20-32-55(43-54)64-65(48-23-8-2-9-24-48)67(50-27-12-4-13-28-50)72-68(51-29-14-5-15-30-51)66(64)49-25-10-3-11-26-49/h1-45,62,67,69-72H. The quantitative estimate of drug-likeness (QED) is 0.126. The minimum Gasteiger partial charge on any atom is -0.373 e. The van der Waals surface area contributed by atoms with Crippen LogP contribution in [0.3, 0.4) is 0 Å². The number of hydrogen-bond acceptors (Lipinski definition) is 3. The molecule has 11 aromatic carbocycles. The maximum Gasteiger partial charge on any atom is 0.104 e. The van der Waals surface area contributed by atoms with Gasteiger partial charge < -0.3 is 10.6 Å². The van der Waals surface area contributed by atoms with E-state index in [-0.39, 0.29) is 18.2 Å². The number of rotatable bonds is 9. The predicted octanol–water partition coefficient (Wildman–Crippen LogP) is 16.6. The third-order valence-electron chi connectivity index (χ3n) is 14.6. The first-order valence-corrected chi connectivity index (χ1v) is 25.0. The van der Waals surface area contributed by atoms with Gasteiger partial charge in [0.1, 0.15) is 6.17 Å². The zero-order valence-corrected chi connectivity index (χ0v) is 39.7. The van der Waals surface area contributed by atoms with Gasteiger partial charge in [-0.05, 0) is 117 Å². The SMILES string of the molecule is C1=C(c2cccc(C3=C(c4ccccc4)C(c4ccccc4)NC(c4ccccc4)=C3c3ccccc3)c2)NC(c2ccc(-c3ccc4c5ccccc5c5ccccc5c4c3)cc2)NC1c1ccccc1. The second-order valence-corrected chi connectivity index (χ2v) is 18.9. The van der Waals surface area contributed by atoms with Gasteiger partial charge in [0.05, 0.1) is 17.8 Å². The molecule has 0 spiro atoms. The van der Waals surface area contributed by atoms with Crippen molar-refractivity contribution in [2.45, 2.75) is 18.2 Å². The number of fused-ring (bicyclic) bond motifs is 6. The minimum atomic E-state index is -0.162. The molecule has 0 aromatic heterocycles. The van der Waals surface area contributed by atoms with Crippen LogP contribution >= 0.6 is 0 Å². The summed E-state index contributed by atoms with van der Waals surface area (Å²) in [7, 11) is 0. The monoisotopic (exact) mass is 921 g/mol. The van der Waals surface area contributed by atoms with E-state index in [2.05, 4.69) is 289 Å². The van der Waals surface area contributed by atoms with Crippen molar-refractivity contribution >= 4 is 60.4 Å². The zero-order valence-electron chi connectivity index (χ0n) is 39.7. The van der Waals surface area contributed by atoms with Crippen molar-refractivity contribution in [3.63, 3.8) is 0 Å². The molecule has 3 unspecified atom stereocenters. The van der Waals surface area contributed by atoms with Crippen LogP contribution in [0.25, 0.3) is 71.6 Å². The van der Waals surface area contributed by atoms with E-state index in [1.807, 2.05) is 0 Å². The molecule has 13 rings (SSSR count). The summed E-state index contributed by atoms with van der Waals surface area (Å²) in [4.78, 5) is 0. The molecule has 3 nitrogen and oxygen atoms in total. The highest BCUT2D eigenvalue weighted by atomic mass is 15.2. The Bertz CT molecular complexity index is 3830. The van der Waals surface area contributed by atoms with Crippen LogP contribution in [-0.4, -0.2) is 0 Å². The Morgan fingerprint density at radius 3 is 1.39 bits per heavy atom. The van der Waals surface area contributed by atoms with E-state index in [4.69, 9.17) is 0 Å². The lowest BCUT2D eigenvalue weighted by Gasteiger charge is -2.36. The van der Waals surface area contributed by atoms with Crippen molar-refractivity contribution in [2.75, 3.05) is 0 Å². The third-order valence-corrected chi connectivity index (χ3v) is 14.6. The van der Waals surface area contributed by atoms with Gasteiger partial charge in [0.15, 0.2) is 0 Å². The lowest BCUT2D eigenvalue weighted by molar-refractivity contribution is 0.443. The van der Waals surface area contributed by atoms with Crippen LogP contribution in [0.1, 0.15) is 62.8 Å². The first-order valence-electron chi connectivity index (χ1n) is 25.0. The third kappa shape index (κ3) is 7.96. The van der Waals surface area contributed by atoms with Gasteiger partial charge in [0.25, 0.3) is 0 Å². The van der Waals surface area contributed by atoms with Crippen molar-refractivity contribution in [1.29, 1.82) is 0 Å². The summed E-state index contributed by atoms with van der Waals surface area (Å²) in [6, 6.07) is 97.0. The van der Waals surface area contributed by atoms with E-state index in [1.165, 1.54) is 82.4 Å². The first kappa shape index (κ1) is 43.0. The van der Waals surface area contributed by atoms with Gasteiger partial charge in [-0.1, -0.05) is 255 Å². The molecular formula is C69H51N3. The van der Waals surface area contributed by atoms with Crippen molar-refractivity contribution < 1.29 is 0 Å². The van der Waals surface area contributed by atoms with Crippen molar-refractivity contribution in [3.8, 4) is 11.1 Å². The molecule has 3 heteroatoms. The molecular weight excluding hydrogens is 871 g/mol. The normalized spacial score (nSPS) is 16.9. The summed E-state index contributed by atoms with van der Waals surface area (Å²) in [5, 5.41) is 19.8. The van der Waals surface area contributed by atoms with Crippen LogP contribution in [-0.2, 0) is 0 Å². The number of dihydropyridines is 1. The van der Waals surface area contributed by atoms with Gasteiger partial charge in [0.2, 0.25) is 0 Å². The Morgan fingerprint density at radius 2 is 0.764 bits per heavy atom. The fourth-order valence-corrected chi connectivity index (χ4v) is 11.2. The average Bonchev–Trinajstić information content (AvgIpc) is 3.47. The Labute approximate surface area is 421 Å². The average molecular weight is 922 g/mol. The van der Waals surface area contributed by atoms with Gasteiger partial charge in [-0.15, -0.1) is 0 Å². The molecule has 0 fully saturated rings. The van der Waals surface area contributed by atoms with Gasteiger partial charge in [-0.2, -0.15) is 0 Å². The molecule has 0 radical (unpaired) electrons. The fraction of sp³-hybridized carbons (Fsp3) is 0.0435. The smallest absolute Gasteiger partial charge is 0.104 e. The molecule has 72 heavy (non-hydrogen) atoms. The highest BCUT2D eigenvalue weighted by Crippen LogP contribution is 2.50. The highest BCUT2D eigenvalue weighted by molar-refractivity contribution is 6.26.